The molecule has 0 bridgehead atoms. The fraction of sp³-hybridized carbons (Fsp3) is 0.625. The molecule has 7 nitrogen and oxygen atoms in total. The second-order valence-corrected chi connectivity index (χ2v) is 9.28. The molecule has 3 atom stereocenters. The molecule has 31 heavy (non-hydrogen) atoms. The maximum absolute atomic E-state index is 5.98. The molecule has 166 valence electrons. The van der Waals surface area contributed by atoms with E-state index in [1.54, 1.807) is 0 Å². The van der Waals surface area contributed by atoms with Gasteiger partial charge in [0.25, 0.3) is 0 Å². The average molecular weight is 423 g/mol. The van der Waals surface area contributed by atoms with Gasteiger partial charge in [-0.25, -0.2) is 9.97 Å². The molecule has 3 aliphatic rings. The van der Waals surface area contributed by atoms with Crippen LogP contribution < -0.4 is 4.90 Å². The van der Waals surface area contributed by atoms with E-state index in [4.69, 9.17) is 19.7 Å². The van der Waals surface area contributed by atoms with E-state index in [2.05, 4.69) is 39.9 Å². The molecule has 4 heterocycles. The molecule has 2 saturated heterocycles. The number of aryl methyl sites for hydroxylation is 2. The van der Waals surface area contributed by atoms with Gasteiger partial charge in [-0.1, -0.05) is 6.07 Å². The number of methoxy groups -OCH3 is 1. The van der Waals surface area contributed by atoms with Crippen molar-refractivity contribution >= 4 is 5.82 Å². The molecule has 0 aromatic carbocycles. The Labute approximate surface area is 185 Å². The molecule has 2 fully saturated rings. The minimum absolute atomic E-state index is 0.142. The highest BCUT2D eigenvalue weighted by molar-refractivity contribution is 5.42. The number of anilines is 1. The van der Waals surface area contributed by atoms with Crippen LogP contribution in [0.25, 0.3) is 0 Å². The predicted molar refractivity (Wildman–Crippen MR) is 122 cm³/mol. The summed E-state index contributed by atoms with van der Waals surface area (Å²) in [7, 11) is 4.02. The van der Waals surface area contributed by atoms with Crippen LogP contribution in [-0.4, -0.2) is 84.3 Å². The number of hydrogen-bond acceptors (Lipinski definition) is 7. The quantitative estimate of drug-likeness (QED) is 0.750. The number of fused-ring (bicyclic) bond motifs is 1. The van der Waals surface area contributed by atoms with Gasteiger partial charge in [-0.2, -0.15) is 0 Å². The normalized spacial score (nSPS) is 27.5. The van der Waals surface area contributed by atoms with E-state index in [1.807, 2.05) is 20.2 Å². The van der Waals surface area contributed by atoms with Crippen molar-refractivity contribution in [2.45, 2.75) is 44.2 Å². The largest absolute Gasteiger partial charge is 0.379 e. The van der Waals surface area contributed by atoms with Crippen LogP contribution in [0.4, 0.5) is 5.82 Å². The van der Waals surface area contributed by atoms with Crippen LogP contribution in [-0.2, 0) is 11.2 Å². The highest BCUT2D eigenvalue weighted by Gasteiger charge is 2.40. The first-order valence-electron chi connectivity index (χ1n) is 11.6. The van der Waals surface area contributed by atoms with Gasteiger partial charge in [0.1, 0.15) is 11.6 Å². The van der Waals surface area contributed by atoms with E-state index in [9.17, 15) is 0 Å². The number of hydrogen-bond donors (Lipinski definition) is 0. The fourth-order valence-electron chi connectivity index (χ4n) is 5.48. The van der Waals surface area contributed by atoms with Crippen LogP contribution in [0.2, 0.25) is 0 Å². The second kappa shape index (κ2) is 8.81. The molecule has 0 saturated carbocycles. The van der Waals surface area contributed by atoms with Crippen molar-refractivity contribution in [1.82, 2.24) is 24.8 Å². The van der Waals surface area contributed by atoms with E-state index < -0.39 is 0 Å². The summed E-state index contributed by atoms with van der Waals surface area (Å²) in [5.41, 5.74) is 3.79. The maximum atomic E-state index is 5.98. The summed E-state index contributed by atoms with van der Waals surface area (Å²) in [6.45, 7) is 8.07. The molecular formula is C24H34N6O. The van der Waals surface area contributed by atoms with Crippen molar-refractivity contribution in [2.24, 2.45) is 0 Å². The SMILES string of the molecule is CO[C@H]1CN([C@H]2CCCc3cccnc32)CC1c1cc(N2CCN(C)CC2)nc(C)n1. The zero-order valence-electron chi connectivity index (χ0n) is 19.0. The van der Waals surface area contributed by atoms with Crippen LogP contribution in [0, 0.1) is 6.92 Å². The Kier molecular flexibility index (Phi) is 5.91. The van der Waals surface area contributed by atoms with Crippen molar-refractivity contribution in [3.05, 3.63) is 47.2 Å². The number of rotatable bonds is 4. The molecule has 7 heteroatoms. The lowest BCUT2D eigenvalue weighted by molar-refractivity contribution is 0.0893. The summed E-state index contributed by atoms with van der Waals surface area (Å²) in [4.78, 5) is 21.8. The summed E-state index contributed by atoms with van der Waals surface area (Å²) in [5.74, 6) is 2.17. The number of aromatic nitrogens is 3. The second-order valence-electron chi connectivity index (χ2n) is 9.28. The van der Waals surface area contributed by atoms with E-state index in [1.165, 1.54) is 24.1 Å². The van der Waals surface area contributed by atoms with Crippen LogP contribution in [0.1, 0.15) is 47.6 Å². The van der Waals surface area contributed by atoms with Crippen LogP contribution in [0.5, 0.6) is 0 Å². The number of ether oxygens (including phenoxy) is 1. The Balaban J connectivity index is 1.39. The first-order chi connectivity index (χ1) is 15.1. The third-order valence-electron chi connectivity index (χ3n) is 7.25. The van der Waals surface area contributed by atoms with E-state index in [0.29, 0.717) is 6.04 Å². The molecule has 1 aliphatic carbocycles. The monoisotopic (exact) mass is 422 g/mol. The Morgan fingerprint density at radius 3 is 2.74 bits per heavy atom. The van der Waals surface area contributed by atoms with Gasteiger partial charge in [0.05, 0.1) is 23.5 Å². The molecule has 0 radical (unpaired) electrons. The lowest BCUT2D eigenvalue weighted by Crippen LogP contribution is -2.45. The number of piperazine rings is 1. The molecule has 1 unspecified atom stereocenters. The minimum Gasteiger partial charge on any atom is -0.379 e. The number of likely N-dealkylation sites (N-methyl/N-ethyl adjacent to an activating group) is 1. The molecule has 5 rings (SSSR count). The number of nitrogens with zero attached hydrogens (tertiary/aromatic N) is 6. The summed E-state index contributed by atoms with van der Waals surface area (Å²) in [5, 5.41) is 0. The van der Waals surface area contributed by atoms with Gasteiger partial charge < -0.3 is 14.5 Å². The topological polar surface area (TPSA) is 57.6 Å². The van der Waals surface area contributed by atoms with Crippen molar-refractivity contribution in [1.29, 1.82) is 0 Å². The van der Waals surface area contributed by atoms with Crippen LogP contribution >= 0.6 is 0 Å². The summed E-state index contributed by atoms with van der Waals surface area (Å²) < 4.78 is 5.98. The van der Waals surface area contributed by atoms with Crippen LogP contribution in [0.15, 0.2) is 24.4 Å². The van der Waals surface area contributed by atoms with E-state index in [0.717, 1.165) is 63.0 Å². The standard InChI is InChI=1S/C24H34N6O/c1-17-26-20(14-23(27-17)29-12-10-28(2)11-13-29)19-15-30(16-22(19)31-3)21-8-4-6-18-7-5-9-25-24(18)21/h5,7,9,14,19,21-22H,4,6,8,10-13,15-16H2,1-3H3/t19?,21-,22-/m0/s1. The molecule has 2 aliphatic heterocycles. The van der Waals surface area contributed by atoms with Gasteiger partial charge in [0, 0.05) is 64.6 Å². The molecule has 0 amide bonds. The van der Waals surface area contributed by atoms with Gasteiger partial charge >= 0.3 is 0 Å². The van der Waals surface area contributed by atoms with Crippen LogP contribution in [0.3, 0.4) is 0 Å². The van der Waals surface area contributed by atoms with Gasteiger partial charge in [-0.3, -0.25) is 9.88 Å². The Hall–Kier alpha value is -2.09. The van der Waals surface area contributed by atoms with Gasteiger partial charge in [0.15, 0.2) is 0 Å². The molecule has 0 spiro atoms. The third kappa shape index (κ3) is 4.19. The van der Waals surface area contributed by atoms with Crippen molar-refractivity contribution < 1.29 is 4.74 Å². The van der Waals surface area contributed by atoms with Crippen molar-refractivity contribution in [2.75, 3.05) is 58.3 Å². The Morgan fingerprint density at radius 2 is 1.94 bits per heavy atom. The average Bonchev–Trinajstić information content (AvgIpc) is 3.23. The maximum Gasteiger partial charge on any atom is 0.132 e. The first kappa shape index (κ1) is 20.8. The predicted octanol–water partition coefficient (Wildman–Crippen LogP) is 2.42. The summed E-state index contributed by atoms with van der Waals surface area (Å²) in [6.07, 6.45) is 5.62. The smallest absolute Gasteiger partial charge is 0.132 e. The zero-order valence-corrected chi connectivity index (χ0v) is 19.0. The van der Waals surface area contributed by atoms with Gasteiger partial charge in [-0.05, 0) is 44.9 Å². The zero-order chi connectivity index (χ0) is 21.4. The van der Waals surface area contributed by atoms with Crippen molar-refractivity contribution in [3.8, 4) is 0 Å². The highest BCUT2D eigenvalue weighted by Crippen LogP contribution is 2.39. The Bertz CT molecular complexity index is 913. The first-order valence-corrected chi connectivity index (χ1v) is 11.6. The summed E-state index contributed by atoms with van der Waals surface area (Å²) >= 11 is 0. The number of pyridine rings is 1. The molecular weight excluding hydrogens is 388 g/mol. The minimum atomic E-state index is 0.142. The van der Waals surface area contributed by atoms with Gasteiger partial charge in [0.2, 0.25) is 0 Å². The fourth-order valence-corrected chi connectivity index (χ4v) is 5.48. The number of likely N-dealkylation sites (tertiary alicyclic amines) is 1. The van der Waals surface area contributed by atoms with Gasteiger partial charge in [-0.15, -0.1) is 0 Å². The lowest BCUT2D eigenvalue weighted by atomic mass is 9.91. The lowest BCUT2D eigenvalue weighted by Gasteiger charge is -2.33. The molecule has 2 aromatic heterocycles. The van der Waals surface area contributed by atoms with Crippen molar-refractivity contribution in [3.63, 3.8) is 0 Å². The molecule has 0 N–H and O–H groups in total. The highest BCUT2D eigenvalue weighted by atomic mass is 16.5. The summed E-state index contributed by atoms with van der Waals surface area (Å²) in [6, 6.07) is 6.90. The van der Waals surface area contributed by atoms with E-state index in [-0.39, 0.29) is 12.0 Å². The Morgan fingerprint density at radius 1 is 1.10 bits per heavy atom. The third-order valence-corrected chi connectivity index (χ3v) is 7.25. The molecule has 2 aromatic rings. The van der Waals surface area contributed by atoms with E-state index >= 15 is 0 Å².